The highest BCUT2D eigenvalue weighted by Crippen LogP contribution is 2.31. The van der Waals surface area contributed by atoms with Crippen LogP contribution in [0.25, 0.3) is 0 Å². The highest BCUT2D eigenvalue weighted by atomic mass is 16.5. The van der Waals surface area contributed by atoms with Gasteiger partial charge in [-0.2, -0.15) is 0 Å². The molecule has 1 rings (SSSR count). The van der Waals surface area contributed by atoms with Gasteiger partial charge in [-0.25, -0.2) is 0 Å². The summed E-state index contributed by atoms with van der Waals surface area (Å²) >= 11 is 0. The Kier molecular flexibility index (Phi) is 4.78. The lowest BCUT2D eigenvalue weighted by Crippen LogP contribution is -2.28. The predicted molar refractivity (Wildman–Crippen MR) is 67.6 cm³/mol. The minimum atomic E-state index is -0.863. The van der Waals surface area contributed by atoms with Gasteiger partial charge in [-0.1, -0.05) is 12.1 Å². The van der Waals surface area contributed by atoms with Crippen molar-refractivity contribution in [2.75, 3.05) is 20.8 Å². The zero-order chi connectivity index (χ0) is 12.9. The number of para-hydroxylation sites is 1. The van der Waals surface area contributed by atoms with E-state index in [0.717, 1.165) is 5.56 Å². The zero-order valence-electron chi connectivity index (χ0n) is 10.9. The summed E-state index contributed by atoms with van der Waals surface area (Å²) in [5.41, 5.74) is 0.147. The van der Waals surface area contributed by atoms with Gasteiger partial charge in [-0.15, -0.1) is 0 Å². The molecule has 0 unspecified atom stereocenters. The van der Waals surface area contributed by atoms with E-state index in [1.807, 2.05) is 25.2 Å². The van der Waals surface area contributed by atoms with E-state index in [2.05, 4.69) is 5.32 Å². The van der Waals surface area contributed by atoms with Crippen molar-refractivity contribution in [1.82, 2.24) is 5.32 Å². The molecule has 0 spiro atoms. The zero-order valence-corrected chi connectivity index (χ0v) is 10.9. The molecule has 0 atom stereocenters. The van der Waals surface area contributed by atoms with Crippen molar-refractivity contribution in [2.24, 2.45) is 0 Å². The molecule has 0 saturated carbocycles. The van der Waals surface area contributed by atoms with Crippen molar-refractivity contribution >= 4 is 0 Å². The molecule has 0 heterocycles. The number of aliphatic hydroxyl groups is 1. The molecule has 17 heavy (non-hydrogen) atoms. The number of nitrogens with one attached hydrogen (secondary N) is 1. The topological polar surface area (TPSA) is 50.7 Å². The van der Waals surface area contributed by atoms with Crippen molar-refractivity contribution in [1.29, 1.82) is 0 Å². The second kappa shape index (κ2) is 5.89. The summed E-state index contributed by atoms with van der Waals surface area (Å²) in [4.78, 5) is 0. The van der Waals surface area contributed by atoms with Crippen molar-refractivity contribution in [3.8, 4) is 11.5 Å². The predicted octanol–water partition coefficient (Wildman–Crippen LogP) is 1.56. The van der Waals surface area contributed by atoms with Crippen LogP contribution in [0.1, 0.15) is 19.4 Å². The molecule has 96 valence electrons. The van der Waals surface area contributed by atoms with Crippen LogP contribution in [0.5, 0.6) is 11.5 Å². The van der Waals surface area contributed by atoms with Crippen molar-refractivity contribution in [3.05, 3.63) is 23.8 Å². The maximum absolute atomic E-state index is 9.68. The normalized spacial score (nSPS) is 11.4. The Morgan fingerprint density at radius 3 is 2.59 bits per heavy atom. The van der Waals surface area contributed by atoms with E-state index in [1.54, 1.807) is 21.0 Å². The average molecular weight is 239 g/mol. The van der Waals surface area contributed by atoms with E-state index in [0.29, 0.717) is 18.0 Å². The molecule has 2 N–H and O–H groups in total. The molecule has 4 nitrogen and oxygen atoms in total. The molecule has 0 amide bonds. The maximum atomic E-state index is 9.68. The monoisotopic (exact) mass is 239 g/mol. The van der Waals surface area contributed by atoms with Gasteiger partial charge < -0.3 is 19.9 Å². The van der Waals surface area contributed by atoms with E-state index < -0.39 is 5.60 Å². The molecular formula is C13H21NO3. The lowest BCUT2D eigenvalue weighted by molar-refractivity contribution is 0.0272. The van der Waals surface area contributed by atoms with Crippen LogP contribution in [-0.2, 0) is 6.54 Å². The van der Waals surface area contributed by atoms with E-state index in [9.17, 15) is 5.11 Å². The van der Waals surface area contributed by atoms with Gasteiger partial charge in [0, 0.05) is 12.1 Å². The molecule has 1 aromatic carbocycles. The molecule has 0 aromatic heterocycles. The van der Waals surface area contributed by atoms with Gasteiger partial charge in [0.15, 0.2) is 11.5 Å². The first-order chi connectivity index (χ1) is 7.98. The van der Waals surface area contributed by atoms with Crippen LogP contribution in [0.2, 0.25) is 0 Å². The summed E-state index contributed by atoms with van der Waals surface area (Å²) in [6.07, 6.45) is 0. The largest absolute Gasteiger partial charge is 0.493 e. The van der Waals surface area contributed by atoms with Crippen LogP contribution in [0.3, 0.4) is 0 Å². The van der Waals surface area contributed by atoms with Crippen LogP contribution in [-0.4, -0.2) is 31.5 Å². The summed E-state index contributed by atoms with van der Waals surface area (Å²) in [6.45, 7) is 4.34. The van der Waals surface area contributed by atoms with Crippen molar-refractivity contribution in [2.45, 2.75) is 26.0 Å². The Balaban J connectivity index is 2.92. The van der Waals surface area contributed by atoms with Gasteiger partial charge in [0.2, 0.25) is 0 Å². The fraction of sp³-hybridized carbons (Fsp3) is 0.538. The smallest absolute Gasteiger partial charge is 0.165 e. The van der Waals surface area contributed by atoms with E-state index >= 15 is 0 Å². The number of ether oxygens (including phenoxy) is 2. The quantitative estimate of drug-likeness (QED) is 0.791. The third kappa shape index (κ3) is 4.24. The molecule has 0 aliphatic carbocycles. The SMILES string of the molecule is CNCc1cccc(OC)c1OCC(C)(C)O. The molecule has 0 fully saturated rings. The highest BCUT2D eigenvalue weighted by molar-refractivity contribution is 5.46. The number of methoxy groups -OCH3 is 1. The van der Waals surface area contributed by atoms with Gasteiger partial charge >= 0.3 is 0 Å². The van der Waals surface area contributed by atoms with Crippen molar-refractivity contribution < 1.29 is 14.6 Å². The lowest BCUT2D eigenvalue weighted by atomic mass is 10.1. The van der Waals surface area contributed by atoms with Crippen LogP contribution < -0.4 is 14.8 Å². The summed E-state index contributed by atoms with van der Waals surface area (Å²) < 4.78 is 10.9. The second-order valence-electron chi connectivity index (χ2n) is 4.58. The van der Waals surface area contributed by atoms with E-state index in [4.69, 9.17) is 9.47 Å². The molecule has 1 aromatic rings. The van der Waals surface area contributed by atoms with E-state index in [-0.39, 0.29) is 6.61 Å². The first kappa shape index (κ1) is 13.8. The van der Waals surface area contributed by atoms with Gasteiger partial charge in [-0.05, 0) is 27.0 Å². The molecule has 0 aliphatic heterocycles. The van der Waals surface area contributed by atoms with Gasteiger partial charge in [0.1, 0.15) is 6.61 Å². The first-order valence-electron chi connectivity index (χ1n) is 5.63. The van der Waals surface area contributed by atoms with E-state index in [1.165, 1.54) is 0 Å². The number of hydrogen-bond acceptors (Lipinski definition) is 4. The van der Waals surface area contributed by atoms with Gasteiger partial charge in [0.05, 0.1) is 12.7 Å². The number of rotatable bonds is 6. The molecule has 0 bridgehead atoms. The summed E-state index contributed by atoms with van der Waals surface area (Å²) in [7, 11) is 3.48. The number of hydrogen-bond donors (Lipinski definition) is 2. The van der Waals surface area contributed by atoms with Crippen molar-refractivity contribution in [3.63, 3.8) is 0 Å². The van der Waals surface area contributed by atoms with Crippen LogP contribution in [0, 0.1) is 0 Å². The fourth-order valence-corrected chi connectivity index (χ4v) is 1.46. The Morgan fingerprint density at radius 1 is 1.35 bits per heavy atom. The second-order valence-corrected chi connectivity index (χ2v) is 4.58. The number of benzene rings is 1. The molecule has 0 aliphatic rings. The Labute approximate surface area is 103 Å². The third-order valence-electron chi connectivity index (χ3n) is 2.22. The standard InChI is InChI=1S/C13H21NO3/c1-13(2,15)9-17-12-10(8-14-3)6-5-7-11(12)16-4/h5-7,14-15H,8-9H2,1-4H3. The Morgan fingerprint density at radius 2 is 2.06 bits per heavy atom. The third-order valence-corrected chi connectivity index (χ3v) is 2.22. The molecule has 0 saturated heterocycles. The summed E-state index contributed by atoms with van der Waals surface area (Å²) in [5.74, 6) is 1.37. The minimum absolute atomic E-state index is 0.226. The van der Waals surface area contributed by atoms with Crippen LogP contribution >= 0.6 is 0 Å². The highest BCUT2D eigenvalue weighted by Gasteiger charge is 2.17. The Bertz CT molecular complexity index is 358. The summed E-state index contributed by atoms with van der Waals surface area (Å²) in [5, 5.41) is 12.8. The van der Waals surface area contributed by atoms with Crippen LogP contribution in [0.15, 0.2) is 18.2 Å². The minimum Gasteiger partial charge on any atom is -0.493 e. The molecule has 0 radical (unpaired) electrons. The fourth-order valence-electron chi connectivity index (χ4n) is 1.46. The Hall–Kier alpha value is -1.26. The average Bonchev–Trinajstić information content (AvgIpc) is 2.26. The molecule has 4 heteroatoms. The first-order valence-corrected chi connectivity index (χ1v) is 5.63. The van der Waals surface area contributed by atoms with Crippen LogP contribution in [0.4, 0.5) is 0 Å². The van der Waals surface area contributed by atoms with Gasteiger partial charge in [-0.3, -0.25) is 0 Å². The lowest BCUT2D eigenvalue weighted by Gasteiger charge is -2.21. The van der Waals surface area contributed by atoms with Gasteiger partial charge in [0.25, 0.3) is 0 Å². The molecular weight excluding hydrogens is 218 g/mol. The maximum Gasteiger partial charge on any atom is 0.165 e. The summed E-state index contributed by atoms with van der Waals surface area (Å²) in [6, 6.07) is 5.74.